The minimum Gasteiger partial charge on any atom is -0.324 e. The van der Waals surface area contributed by atoms with Gasteiger partial charge in [0.15, 0.2) is 0 Å². The number of rotatable bonds is 3. The van der Waals surface area contributed by atoms with Gasteiger partial charge in [0.2, 0.25) is 5.91 Å². The zero-order chi connectivity index (χ0) is 14.8. The molecule has 0 saturated heterocycles. The van der Waals surface area contributed by atoms with Crippen molar-refractivity contribution in [3.63, 3.8) is 0 Å². The van der Waals surface area contributed by atoms with E-state index in [-0.39, 0.29) is 12.5 Å². The molecule has 0 aliphatic heterocycles. The predicted octanol–water partition coefficient (Wildman–Crippen LogP) is 3.02. The van der Waals surface area contributed by atoms with Gasteiger partial charge in [-0.15, -0.1) is 0 Å². The summed E-state index contributed by atoms with van der Waals surface area (Å²) in [5.74, 6) is -0.0245. The Morgan fingerprint density at radius 1 is 1.29 bits per heavy atom. The highest BCUT2D eigenvalue weighted by Crippen LogP contribution is 2.20. The lowest BCUT2D eigenvalue weighted by molar-refractivity contribution is -0.116. The van der Waals surface area contributed by atoms with Crippen molar-refractivity contribution in [2.45, 2.75) is 46.1 Å². The van der Waals surface area contributed by atoms with E-state index < -0.39 is 0 Å². The monoisotopic (exact) mass is 283 g/mol. The average Bonchev–Trinajstić information content (AvgIpc) is 2.86. The van der Waals surface area contributed by atoms with E-state index >= 15 is 0 Å². The highest BCUT2D eigenvalue weighted by molar-refractivity contribution is 5.91. The van der Waals surface area contributed by atoms with Gasteiger partial charge in [0.25, 0.3) is 0 Å². The van der Waals surface area contributed by atoms with E-state index in [9.17, 15) is 4.79 Å². The Labute approximate surface area is 125 Å². The number of hydrogen-bond donors (Lipinski definition) is 1. The highest BCUT2D eigenvalue weighted by Gasteiger charge is 2.15. The fourth-order valence-corrected chi connectivity index (χ4v) is 2.83. The molecule has 1 aliphatic carbocycles. The summed E-state index contributed by atoms with van der Waals surface area (Å²) in [5, 5.41) is 7.51. The van der Waals surface area contributed by atoms with Crippen LogP contribution in [0.2, 0.25) is 0 Å². The van der Waals surface area contributed by atoms with E-state index in [1.165, 1.54) is 29.7 Å². The molecule has 110 valence electrons. The fourth-order valence-electron chi connectivity index (χ4n) is 2.83. The Morgan fingerprint density at radius 3 is 2.90 bits per heavy atom. The first-order valence-corrected chi connectivity index (χ1v) is 7.55. The smallest absolute Gasteiger partial charge is 0.246 e. The van der Waals surface area contributed by atoms with Crippen LogP contribution in [0.4, 0.5) is 5.69 Å². The molecule has 1 aliphatic rings. The average molecular weight is 283 g/mol. The predicted molar refractivity (Wildman–Crippen MR) is 83.4 cm³/mol. The number of carbonyl (C=O) groups excluding carboxylic acids is 1. The lowest BCUT2D eigenvalue weighted by Gasteiger charge is -2.10. The number of hydrogen-bond acceptors (Lipinski definition) is 2. The number of fused-ring (bicyclic) bond motifs is 1. The second-order valence-electron chi connectivity index (χ2n) is 5.80. The molecule has 4 nitrogen and oxygen atoms in total. The maximum Gasteiger partial charge on any atom is 0.246 e. The molecular formula is C17H21N3O. The van der Waals surface area contributed by atoms with Crippen LogP contribution in [0, 0.1) is 13.8 Å². The van der Waals surface area contributed by atoms with Gasteiger partial charge in [-0.3, -0.25) is 9.48 Å². The molecule has 4 heteroatoms. The summed E-state index contributed by atoms with van der Waals surface area (Å²) in [6.45, 7) is 4.35. The fraction of sp³-hybridized carbons (Fsp3) is 0.412. The van der Waals surface area contributed by atoms with Crippen LogP contribution < -0.4 is 5.32 Å². The molecule has 0 fully saturated rings. The summed E-state index contributed by atoms with van der Waals surface area (Å²) in [4.78, 5) is 12.2. The molecule has 2 aromatic rings. The van der Waals surface area contributed by atoms with Gasteiger partial charge in [-0.25, -0.2) is 0 Å². The maximum absolute atomic E-state index is 12.2. The summed E-state index contributed by atoms with van der Waals surface area (Å²) >= 11 is 0. The minimum absolute atomic E-state index is 0.0245. The molecule has 1 aromatic carbocycles. The molecule has 0 bridgehead atoms. The van der Waals surface area contributed by atoms with Gasteiger partial charge < -0.3 is 5.32 Å². The third-order valence-corrected chi connectivity index (χ3v) is 4.22. The number of benzene rings is 1. The van der Waals surface area contributed by atoms with E-state index in [1.807, 2.05) is 38.2 Å². The van der Waals surface area contributed by atoms with Crippen LogP contribution in [-0.4, -0.2) is 15.7 Å². The summed E-state index contributed by atoms with van der Waals surface area (Å²) in [6, 6.07) is 5.95. The van der Waals surface area contributed by atoms with Gasteiger partial charge in [-0.2, -0.15) is 5.10 Å². The molecule has 1 aromatic heterocycles. The van der Waals surface area contributed by atoms with Crippen molar-refractivity contribution in [3.8, 4) is 0 Å². The third kappa shape index (κ3) is 2.99. The summed E-state index contributed by atoms with van der Waals surface area (Å²) < 4.78 is 1.77. The topological polar surface area (TPSA) is 46.9 Å². The zero-order valence-electron chi connectivity index (χ0n) is 12.6. The van der Waals surface area contributed by atoms with Gasteiger partial charge in [0.05, 0.1) is 5.69 Å². The van der Waals surface area contributed by atoms with Crippen LogP contribution in [0.25, 0.3) is 0 Å². The lowest BCUT2D eigenvalue weighted by Crippen LogP contribution is -2.19. The second-order valence-corrected chi connectivity index (χ2v) is 5.80. The lowest BCUT2D eigenvalue weighted by atomic mass is 9.99. The van der Waals surface area contributed by atoms with E-state index in [4.69, 9.17) is 0 Å². The first-order valence-electron chi connectivity index (χ1n) is 7.55. The quantitative estimate of drug-likeness (QED) is 0.941. The van der Waals surface area contributed by atoms with Gasteiger partial charge in [0, 0.05) is 11.9 Å². The van der Waals surface area contributed by atoms with Gasteiger partial charge in [0.1, 0.15) is 6.54 Å². The molecule has 0 spiro atoms. The number of nitrogens with one attached hydrogen (secondary N) is 1. The van der Waals surface area contributed by atoms with Crippen LogP contribution in [0.1, 0.15) is 35.2 Å². The van der Waals surface area contributed by atoms with Crippen LogP contribution in [-0.2, 0) is 24.2 Å². The molecule has 1 heterocycles. The van der Waals surface area contributed by atoms with Crippen LogP contribution in [0.3, 0.4) is 0 Å². The molecular weight excluding hydrogens is 262 g/mol. The van der Waals surface area contributed by atoms with Crippen molar-refractivity contribution >= 4 is 11.6 Å². The molecule has 0 atom stereocenters. The number of aryl methyl sites for hydroxylation is 3. The van der Waals surface area contributed by atoms with Crippen LogP contribution in [0.15, 0.2) is 24.4 Å². The molecule has 0 saturated carbocycles. The minimum atomic E-state index is -0.0245. The van der Waals surface area contributed by atoms with E-state index in [2.05, 4.69) is 10.4 Å². The van der Waals surface area contributed by atoms with Crippen LogP contribution >= 0.6 is 0 Å². The number of carbonyl (C=O) groups is 1. The first kappa shape index (κ1) is 13.9. The molecule has 21 heavy (non-hydrogen) atoms. The highest BCUT2D eigenvalue weighted by atomic mass is 16.2. The number of aromatic nitrogens is 2. The Kier molecular flexibility index (Phi) is 3.78. The Bertz CT molecular complexity index is 649. The second kappa shape index (κ2) is 5.72. The van der Waals surface area contributed by atoms with Crippen molar-refractivity contribution < 1.29 is 4.79 Å². The molecule has 1 amide bonds. The summed E-state index contributed by atoms with van der Waals surface area (Å²) in [5.41, 5.74) is 5.66. The molecule has 1 N–H and O–H groups in total. The van der Waals surface area contributed by atoms with E-state index in [0.717, 1.165) is 24.1 Å². The largest absolute Gasteiger partial charge is 0.324 e. The van der Waals surface area contributed by atoms with Crippen molar-refractivity contribution in [2.75, 3.05) is 5.32 Å². The van der Waals surface area contributed by atoms with E-state index in [1.54, 1.807) is 4.68 Å². The third-order valence-electron chi connectivity index (χ3n) is 4.22. The Balaban J connectivity index is 1.69. The summed E-state index contributed by atoms with van der Waals surface area (Å²) in [6.07, 6.45) is 6.60. The molecule has 3 rings (SSSR count). The zero-order valence-corrected chi connectivity index (χ0v) is 12.6. The maximum atomic E-state index is 12.2. The Hall–Kier alpha value is -2.10. The molecule has 0 radical (unpaired) electrons. The van der Waals surface area contributed by atoms with Crippen molar-refractivity contribution in [3.05, 3.63) is 46.8 Å². The standard InChI is InChI=1S/C17H21N3O/c1-12-6-5-9-15(13(12)2)18-17(21)11-20-10-14-7-3-4-8-16(14)19-20/h5-6,9-10H,3-4,7-8,11H2,1-2H3,(H,18,21). The number of nitrogens with zero attached hydrogens (tertiary/aromatic N) is 2. The van der Waals surface area contributed by atoms with E-state index in [0.29, 0.717) is 0 Å². The van der Waals surface area contributed by atoms with Crippen molar-refractivity contribution in [2.24, 2.45) is 0 Å². The van der Waals surface area contributed by atoms with Gasteiger partial charge in [-0.1, -0.05) is 12.1 Å². The Morgan fingerprint density at radius 2 is 2.10 bits per heavy atom. The van der Waals surface area contributed by atoms with Crippen LogP contribution in [0.5, 0.6) is 0 Å². The SMILES string of the molecule is Cc1cccc(NC(=O)Cn2cc3c(n2)CCCC3)c1C. The van der Waals surface area contributed by atoms with Gasteiger partial charge >= 0.3 is 0 Å². The number of anilines is 1. The number of amides is 1. The molecule has 0 unspecified atom stereocenters. The van der Waals surface area contributed by atoms with Gasteiger partial charge in [-0.05, 0) is 62.3 Å². The van der Waals surface area contributed by atoms with Crippen molar-refractivity contribution in [1.82, 2.24) is 9.78 Å². The summed E-state index contributed by atoms with van der Waals surface area (Å²) in [7, 11) is 0. The normalized spacial score (nSPS) is 13.8. The van der Waals surface area contributed by atoms with Crippen molar-refractivity contribution in [1.29, 1.82) is 0 Å². The first-order chi connectivity index (χ1) is 10.1.